The normalized spacial score (nSPS) is 11.4. The van der Waals surface area contributed by atoms with E-state index >= 15 is 0 Å². The topological polar surface area (TPSA) is 12.4 Å². The van der Waals surface area contributed by atoms with Crippen molar-refractivity contribution in [1.82, 2.24) is 0 Å². The van der Waals surface area contributed by atoms with E-state index in [2.05, 4.69) is 4.99 Å². The minimum Gasteiger partial charge on any atom is -0.264 e. The Kier molecular flexibility index (Phi) is 4.11. The molecule has 0 heterocycles. The van der Waals surface area contributed by atoms with Gasteiger partial charge in [0.05, 0.1) is 0 Å². The van der Waals surface area contributed by atoms with E-state index in [1.165, 1.54) is 0 Å². The Hall–Kier alpha value is -1.86. The molecule has 84 valence electrons. The lowest BCUT2D eigenvalue weighted by molar-refractivity contribution is 1.57. The maximum absolute atomic E-state index is 5.79. The highest BCUT2D eigenvalue weighted by atomic mass is 35.5. The molecule has 17 heavy (non-hydrogen) atoms. The van der Waals surface area contributed by atoms with Gasteiger partial charge >= 0.3 is 0 Å². The summed E-state index contributed by atoms with van der Waals surface area (Å²) in [5.41, 5.74) is 2.17. The fourth-order valence-electron chi connectivity index (χ4n) is 1.37. The molecule has 0 aromatic heterocycles. The summed E-state index contributed by atoms with van der Waals surface area (Å²) in [5.74, 6) is 0. The van der Waals surface area contributed by atoms with Gasteiger partial charge in [-0.1, -0.05) is 54.1 Å². The van der Waals surface area contributed by atoms with E-state index in [-0.39, 0.29) is 0 Å². The highest BCUT2D eigenvalue weighted by Crippen LogP contribution is 2.08. The molecule has 0 fully saturated rings. The second kappa shape index (κ2) is 6.02. The van der Waals surface area contributed by atoms with Crippen LogP contribution >= 0.6 is 11.6 Å². The summed E-state index contributed by atoms with van der Waals surface area (Å²) in [5, 5.41) is 0.738. The maximum Gasteiger partial charge on any atom is 0.0406 e. The molecule has 0 radical (unpaired) electrons. The third-order valence-corrected chi connectivity index (χ3v) is 2.50. The zero-order chi connectivity index (χ0) is 11.9. The van der Waals surface area contributed by atoms with E-state index in [0.717, 1.165) is 16.1 Å². The van der Waals surface area contributed by atoms with Crippen molar-refractivity contribution in [3.8, 4) is 0 Å². The van der Waals surface area contributed by atoms with Crippen LogP contribution < -0.4 is 0 Å². The summed E-state index contributed by atoms with van der Waals surface area (Å²) in [6, 6.07) is 17.6. The first-order valence-electron chi connectivity index (χ1n) is 5.35. The largest absolute Gasteiger partial charge is 0.264 e. The second-order valence-corrected chi connectivity index (χ2v) is 3.99. The lowest BCUT2D eigenvalue weighted by Gasteiger charge is -1.91. The predicted octanol–water partition coefficient (Wildman–Crippen LogP) is 4.43. The molecule has 0 bridgehead atoms. The molecule has 0 N–H and O–H groups in total. The van der Waals surface area contributed by atoms with Crippen LogP contribution in [-0.4, -0.2) is 6.21 Å². The SMILES string of the molecule is Clc1ccc(C=N/C=C/c2ccccc2)cc1. The van der Waals surface area contributed by atoms with Gasteiger partial charge in [-0.2, -0.15) is 0 Å². The van der Waals surface area contributed by atoms with Gasteiger partial charge in [-0.3, -0.25) is 4.99 Å². The van der Waals surface area contributed by atoms with Gasteiger partial charge < -0.3 is 0 Å². The Morgan fingerprint density at radius 1 is 0.824 bits per heavy atom. The Balaban J connectivity index is 1.98. The van der Waals surface area contributed by atoms with Crippen LogP contribution in [-0.2, 0) is 0 Å². The van der Waals surface area contributed by atoms with Crippen LogP contribution in [0.25, 0.3) is 6.08 Å². The van der Waals surface area contributed by atoms with Crippen molar-refractivity contribution in [1.29, 1.82) is 0 Å². The summed E-state index contributed by atoms with van der Waals surface area (Å²) < 4.78 is 0. The molecule has 0 saturated heterocycles. The Bertz CT molecular complexity index is 512. The maximum atomic E-state index is 5.79. The highest BCUT2D eigenvalue weighted by Gasteiger charge is 1.87. The lowest BCUT2D eigenvalue weighted by Crippen LogP contribution is -1.77. The number of rotatable bonds is 3. The van der Waals surface area contributed by atoms with E-state index < -0.39 is 0 Å². The number of nitrogens with zero attached hydrogens (tertiary/aromatic N) is 1. The van der Waals surface area contributed by atoms with Crippen LogP contribution in [0.3, 0.4) is 0 Å². The summed E-state index contributed by atoms with van der Waals surface area (Å²) in [6.45, 7) is 0. The highest BCUT2D eigenvalue weighted by molar-refractivity contribution is 6.30. The summed E-state index contributed by atoms with van der Waals surface area (Å²) in [7, 11) is 0. The zero-order valence-electron chi connectivity index (χ0n) is 9.25. The number of aliphatic imine (C=N–C) groups is 1. The fraction of sp³-hybridized carbons (Fsp3) is 0. The van der Waals surface area contributed by atoms with Crippen LogP contribution in [0.1, 0.15) is 11.1 Å². The van der Waals surface area contributed by atoms with Crippen molar-refractivity contribution < 1.29 is 0 Å². The number of benzene rings is 2. The minimum absolute atomic E-state index is 0.738. The fourth-order valence-corrected chi connectivity index (χ4v) is 1.50. The average molecular weight is 242 g/mol. The quantitative estimate of drug-likeness (QED) is 0.705. The molecular formula is C15H12ClN. The van der Waals surface area contributed by atoms with Crippen molar-refractivity contribution in [3.05, 3.63) is 76.9 Å². The van der Waals surface area contributed by atoms with Gasteiger partial charge in [0.25, 0.3) is 0 Å². The molecule has 2 aromatic carbocycles. The molecule has 2 heteroatoms. The van der Waals surface area contributed by atoms with Gasteiger partial charge in [0.1, 0.15) is 0 Å². The minimum atomic E-state index is 0.738. The van der Waals surface area contributed by atoms with Crippen molar-refractivity contribution in [2.24, 2.45) is 4.99 Å². The molecular weight excluding hydrogens is 230 g/mol. The molecule has 0 amide bonds. The first kappa shape index (κ1) is 11.6. The Morgan fingerprint density at radius 2 is 1.53 bits per heavy atom. The van der Waals surface area contributed by atoms with Crippen molar-refractivity contribution in [2.45, 2.75) is 0 Å². The van der Waals surface area contributed by atoms with Crippen molar-refractivity contribution in [3.63, 3.8) is 0 Å². The van der Waals surface area contributed by atoms with E-state index in [0.29, 0.717) is 0 Å². The molecule has 1 nitrogen and oxygen atoms in total. The molecule has 0 spiro atoms. The molecule has 0 saturated carbocycles. The van der Waals surface area contributed by atoms with Crippen LogP contribution in [0.4, 0.5) is 0 Å². The van der Waals surface area contributed by atoms with Crippen molar-refractivity contribution >= 4 is 23.9 Å². The molecule has 2 aromatic rings. The monoisotopic (exact) mass is 241 g/mol. The standard InChI is InChI=1S/C15H12ClN/c16-15-8-6-14(7-9-15)12-17-11-10-13-4-2-1-3-5-13/h1-12H/b11-10+,17-12?. The van der Waals surface area contributed by atoms with Gasteiger partial charge in [-0.15, -0.1) is 0 Å². The van der Waals surface area contributed by atoms with Crippen LogP contribution in [0.5, 0.6) is 0 Å². The molecule has 0 unspecified atom stereocenters. The van der Waals surface area contributed by atoms with Gasteiger partial charge in [0, 0.05) is 17.4 Å². The van der Waals surface area contributed by atoms with Crippen LogP contribution in [0.2, 0.25) is 5.02 Å². The number of hydrogen-bond donors (Lipinski definition) is 0. The van der Waals surface area contributed by atoms with Gasteiger partial charge in [0.15, 0.2) is 0 Å². The Morgan fingerprint density at radius 3 is 2.24 bits per heavy atom. The van der Waals surface area contributed by atoms with Gasteiger partial charge in [-0.05, 0) is 29.3 Å². The zero-order valence-corrected chi connectivity index (χ0v) is 10.0. The third-order valence-electron chi connectivity index (χ3n) is 2.25. The van der Waals surface area contributed by atoms with E-state index in [1.807, 2.05) is 60.7 Å². The van der Waals surface area contributed by atoms with Gasteiger partial charge in [-0.25, -0.2) is 0 Å². The van der Waals surface area contributed by atoms with Gasteiger partial charge in [0.2, 0.25) is 0 Å². The smallest absolute Gasteiger partial charge is 0.0406 e. The molecule has 2 rings (SSSR count). The summed E-state index contributed by atoms with van der Waals surface area (Å²) in [4.78, 5) is 4.22. The Labute approximate surface area is 106 Å². The molecule has 0 atom stereocenters. The van der Waals surface area contributed by atoms with E-state index in [9.17, 15) is 0 Å². The van der Waals surface area contributed by atoms with E-state index in [4.69, 9.17) is 11.6 Å². The molecule has 0 aliphatic carbocycles. The predicted molar refractivity (Wildman–Crippen MR) is 74.5 cm³/mol. The molecule has 0 aliphatic heterocycles. The average Bonchev–Trinajstić information content (AvgIpc) is 2.38. The van der Waals surface area contributed by atoms with Crippen LogP contribution in [0, 0.1) is 0 Å². The summed E-state index contributed by atoms with van der Waals surface area (Å²) in [6.07, 6.45) is 5.55. The van der Waals surface area contributed by atoms with Crippen molar-refractivity contribution in [2.75, 3.05) is 0 Å². The lowest BCUT2D eigenvalue weighted by atomic mass is 10.2. The van der Waals surface area contributed by atoms with Crippen LogP contribution in [0.15, 0.2) is 65.8 Å². The molecule has 0 aliphatic rings. The van der Waals surface area contributed by atoms with E-state index in [1.54, 1.807) is 12.4 Å². The third kappa shape index (κ3) is 3.89. The number of halogens is 1. The summed E-state index contributed by atoms with van der Waals surface area (Å²) >= 11 is 5.79. The second-order valence-electron chi connectivity index (χ2n) is 3.56. The first-order chi connectivity index (χ1) is 8.34. The first-order valence-corrected chi connectivity index (χ1v) is 5.73. The number of hydrogen-bond acceptors (Lipinski definition) is 1.